The van der Waals surface area contributed by atoms with Gasteiger partial charge in [-0.3, -0.25) is 4.98 Å². The third kappa shape index (κ3) is 3.24. The summed E-state index contributed by atoms with van der Waals surface area (Å²) in [7, 11) is 0. The number of pyridine rings is 1. The molecule has 0 amide bonds. The normalized spacial score (nSPS) is 17.8. The summed E-state index contributed by atoms with van der Waals surface area (Å²) >= 11 is 0. The van der Waals surface area contributed by atoms with E-state index in [4.69, 9.17) is 4.74 Å². The van der Waals surface area contributed by atoms with Crippen LogP contribution in [-0.2, 0) is 4.74 Å². The Hall–Kier alpha value is -1.71. The Labute approximate surface area is 120 Å². The van der Waals surface area contributed by atoms with Crippen molar-refractivity contribution >= 4 is 0 Å². The second kappa shape index (κ2) is 6.64. The smallest absolute Gasteiger partial charge is 0.125 e. The molecule has 0 aliphatic carbocycles. The summed E-state index contributed by atoms with van der Waals surface area (Å²) < 4.78 is 6.36. The summed E-state index contributed by atoms with van der Waals surface area (Å²) in [6.45, 7) is 2.07. The number of rotatable bonds is 4. The van der Waals surface area contributed by atoms with Gasteiger partial charge < -0.3 is 10.1 Å². The van der Waals surface area contributed by atoms with E-state index in [0.717, 1.165) is 31.6 Å². The second-order valence-corrected chi connectivity index (χ2v) is 5.13. The minimum atomic E-state index is -0.0690. The van der Waals surface area contributed by atoms with Crippen molar-refractivity contribution in [3.63, 3.8) is 0 Å². The van der Waals surface area contributed by atoms with Gasteiger partial charge in [0.25, 0.3) is 0 Å². The highest BCUT2D eigenvalue weighted by Gasteiger charge is 2.22. The van der Waals surface area contributed by atoms with E-state index in [-0.39, 0.29) is 6.10 Å². The van der Waals surface area contributed by atoms with Crippen molar-refractivity contribution in [2.45, 2.75) is 25.0 Å². The topological polar surface area (TPSA) is 34.1 Å². The van der Waals surface area contributed by atoms with Gasteiger partial charge in [0.15, 0.2) is 0 Å². The molecule has 1 aliphatic rings. The first-order valence-electron chi connectivity index (χ1n) is 7.25. The molecule has 1 atom stereocenters. The number of nitrogens with zero attached hydrogens (tertiary/aromatic N) is 1. The van der Waals surface area contributed by atoms with Crippen LogP contribution >= 0.6 is 0 Å². The fourth-order valence-electron chi connectivity index (χ4n) is 2.60. The predicted octanol–water partition coefficient (Wildman–Crippen LogP) is 2.94. The van der Waals surface area contributed by atoms with Gasteiger partial charge >= 0.3 is 0 Å². The fourth-order valence-corrected chi connectivity index (χ4v) is 2.60. The van der Waals surface area contributed by atoms with Gasteiger partial charge in [0.05, 0.1) is 11.8 Å². The van der Waals surface area contributed by atoms with Crippen LogP contribution in [0, 0.1) is 0 Å². The Morgan fingerprint density at radius 3 is 2.45 bits per heavy atom. The van der Waals surface area contributed by atoms with Crippen molar-refractivity contribution in [3.8, 4) is 0 Å². The third-order valence-electron chi connectivity index (χ3n) is 3.67. The van der Waals surface area contributed by atoms with E-state index >= 15 is 0 Å². The Morgan fingerprint density at radius 2 is 1.75 bits per heavy atom. The Bertz CT molecular complexity index is 470. The first-order valence-corrected chi connectivity index (χ1v) is 7.25. The van der Waals surface area contributed by atoms with Crippen LogP contribution in [0.4, 0.5) is 0 Å². The number of hydrogen-bond donors (Lipinski definition) is 1. The fraction of sp³-hybridized carbons (Fsp3) is 0.353. The van der Waals surface area contributed by atoms with Gasteiger partial charge in [0, 0.05) is 6.20 Å². The number of aromatic nitrogens is 1. The molecule has 2 aromatic rings. The van der Waals surface area contributed by atoms with Crippen LogP contribution in [0.2, 0.25) is 0 Å². The lowest BCUT2D eigenvalue weighted by Crippen LogP contribution is -2.33. The van der Waals surface area contributed by atoms with Crippen molar-refractivity contribution < 1.29 is 4.74 Å². The molecule has 1 saturated heterocycles. The average molecular weight is 268 g/mol. The molecule has 1 fully saturated rings. The SMILES string of the molecule is c1ccc([C@H](OC2CCNCC2)c2ccccn2)cc1. The van der Waals surface area contributed by atoms with Gasteiger partial charge in [-0.15, -0.1) is 0 Å². The highest BCUT2D eigenvalue weighted by molar-refractivity contribution is 5.25. The van der Waals surface area contributed by atoms with Crippen molar-refractivity contribution in [1.29, 1.82) is 0 Å². The zero-order valence-corrected chi connectivity index (χ0v) is 11.5. The number of hydrogen-bond acceptors (Lipinski definition) is 3. The molecule has 1 N–H and O–H groups in total. The molecule has 2 heterocycles. The molecule has 20 heavy (non-hydrogen) atoms. The largest absolute Gasteiger partial charge is 0.364 e. The maximum absolute atomic E-state index is 6.36. The molecule has 1 aromatic carbocycles. The van der Waals surface area contributed by atoms with Gasteiger partial charge in [-0.2, -0.15) is 0 Å². The van der Waals surface area contributed by atoms with Crippen LogP contribution in [0.15, 0.2) is 54.7 Å². The van der Waals surface area contributed by atoms with Crippen LogP contribution in [0.1, 0.15) is 30.2 Å². The van der Waals surface area contributed by atoms with Gasteiger partial charge in [-0.05, 0) is 43.6 Å². The quantitative estimate of drug-likeness (QED) is 0.925. The molecule has 0 radical (unpaired) electrons. The van der Waals surface area contributed by atoms with Crippen molar-refractivity contribution in [2.24, 2.45) is 0 Å². The lowest BCUT2D eigenvalue weighted by molar-refractivity contribution is -0.00991. The summed E-state index contributed by atoms with van der Waals surface area (Å²) in [4.78, 5) is 4.48. The summed E-state index contributed by atoms with van der Waals surface area (Å²) in [5.41, 5.74) is 2.15. The molecule has 104 valence electrons. The van der Waals surface area contributed by atoms with E-state index in [9.17, 15) is 0 Å². The van der Waals surface area contributed by atoms with Gasteiger partial charge in [0.2, 0.25) is 0 Å². The monoisotopic (exact) mass is 268 g/mol. The molecule has 1 aromatic heterocycles. The van der Waals surface area contributed by atoms with Crippen LogP contribution in [-0.4, -0.2) is 24.2 Å². The van der Waals surface area contributed by atoms with Gasteiger partial charge in [-0.25, -0.2) is 0 Å². The Morgan fingerprint density at radius 1 is 1.00 bits per heavy atom. The van der Waals surface area contributed by atoms with E-state index in [1.165, 1.54) is 5.56 Å². The van der Waals surface area contributed by atoms with Crippen molar-refractivity contribution in [3.05, 3.63) is 66.0 Å². The van der Waals surface area contributed by atoms with Crippen LogP contribution in [0.5, 0.6) is 0 Å². The van der Waals surface area contributed by atoms with E-state index in [2.05, 4.69) is 34.6 Å². The van der Waals surface area contributed by atoms with E-state index in [1.807, 2.05) is 30.5 Å². The molecule has 0 unspecified atom stereocenters. The van der Waals surface area contributed by atoms with E-state index in [1.54, 1.807) is 0 Å². The minimum absolute atomic E-state index is 0.0690. The summed E-state index contributed by atoms with van der Waals surface area (Å²) in [5.74, 6) is 0. The average Bonchev–Trinajstić information content (AvgIpc) is 2.55. The molecular formula is C17H20N2O. The Kier molecular flexibility index (Phi) is 4.41. The Balaban J connectivity index is 1.83. The van der Waals surface area contributed by atoms with Crippen molar-refractivity contribution in [2.75, 3.05) is 13.1 Å². The number of piperidine rings is 1. The summed E-state index contributed by atoms with van der Waals surface area (Å²) in [5, 5.41) is 3.37. The number of nitrogens with one attached hydrogen (secondary N) is 1. The first kappa shape index (κ1) is 13.3. The van der Waals surface area contributed by atoms with Gasteiger partial charge in [0.1, 0.15) is 6.10 Å². The number of benzene rings is 1. The molecule has 0 saturated carbocycles. The summed E-state index contributed by atoms with van der Waals surface area (Å²) in [6, 6.07) is 16.4. The molecule has 0 spiro atoms. The van der Waals surface area contributed by atoms with Gasteiger partial charge in [-0.1, -0.05) is 36.4 Å². The first-order chi connectivity index (χ1) is 9.93. The molecule has 3 nitrogen and oxygen atoms in total. The second-order valence-electron chi connectivity index (χ2n) is 5.13. The maximum atomic E-state index is 6.36. The predicted molar refractivity (Wildman–Crippen MR) is 79.5 cm³/mol. The van der Waals surface area contributed by atoms with E-state index < -0.39 is 0 Å². The molecular weight excluding hydrogens is 248 g/mol. The zero-order valence-electron chi connectivity index (χ0n) is 11.5. The highest BCUT2D eigenvalue weighted by atomic mass is 16.5. The van der Waals surface area contributed by atoms with Crippen LogP contribution in [0.3, 0.4) is 0 Å². The van der Waals surface area contributed by atoms with E-state index in [0.29, 0.717) is 6.10 Å². The lowest BCUT2D eigenvalue weighted by atomic mass is 10.0. The third-order valence-corrected chi connectivity index (χ3v) is 3.67. The lowest BCUT2D eigenvalue weighted by Gasteiger charge is -2.28. The maximum Gasteiger partial charge on any atom is 0.125 e. The zero-order chi connectivity index (χ0) is 13.6. The molecule has 3 heteroatoms. The summed E-state index contributed by atoms with van der Waals surface area (Å²) in [6.07, 6.45) is 4.20. The number of ether oxygens (including phenoxy) is 1. The van der Waals surface area contributed by atoms with Crippen LogP contribution in [0.25, 0.3) is 0 Å². The standard InChI is InChI=1S/C17H20N2O/c1-2-6-14(7-3-1)17(16-8-4-5-11-19-16)20-15-9-12-18-13-10-15/h1-8,11,15,17-18H,9-10,12-13H2/t17-/m0/s1. The van der Waals surface area contributed by atoms with Crippen LogP contribution < -0.4 is 5.32 Å². The molecule has 0 bridgehead atoms. The molecule has 3 rings (SSSR count). The highest BCUT2D eigenvalue weighted by Crippen LogP contribution is 2.27. The molecule has 1 aliphatic heterocycles. The van der Waals surface area contributed by atoms with Crippen molar-refractivity contribution in [1.82, 2.24) is 10.3 Å². The minimum Gasteiger partial charge on any atom is -0.364 e.